The molecule has 4 nitrogen and oxygen atoms in total. The van der Waals surface area contributed by atoms with Gasteiger partial charge in [-0.15, -0.1) is 0 Å². The molecule has 0 aromatic carbocycles. The van der Waals surface area contributed by atoms with E-state index in [4.69, 9.17) is 5.11 Å². The highest BCUT2D eigenvalue weighted by atomic mass is 32.2. The Kier molecular flexibility index (Phi) is 2.88. The summed E-state index contributed by atoms with van der Waals surface area (Å²) in [6.07, 6.45) is 1.57. The lowest BCUT2D eigenvalue weighted by Gasteiger charge is -2.40. The summed E-state index contributed by atoms with van der Waals surface area (Å²) in [4.78, 5) is 0. The Labute approximate surface area is 75.0 Å². The predicted molar refractivity (Wildman–Crippen MR) is 41.7 cm³/mol. The van der Waals surface area contributed by atoms with Crippen LogP contribution in [0.25, 0.3) is 0 Å². The van der Waals surface area contributed by atoms with Gasteiger partial charge in [0.05, 0.1) is 12.1 Å². The van der Waals surface area contributed by atoms with Crippen LogP contribution in [0.4, 0.5) is 8.78 Å². The van der Waals surface area contributed by atoms with Crippen molar-refractivity contribution in [1.82, 2.24) is 4.72 Å². The molecule has 13 heavy (non-hydrogen) atoms. The summed E-state index contributed by atoms with van der Waals surface area (Å²) in [5, 5.41) is 8.81. The average Bonchev–Trinajstić information content (AvgIpc) is 1.96. The molecule has 7 heteroatoms. The predicted octanol–water partition coefficient (Wildman–Crippen LogP) is 0.0434. The molecule has 0 heterocycles. The van der Waals surface area contributed by atoms with Crippen LogP contribution in [0, 0.1) is 0 Å². The highest BCUT2D eigenvalue weighted by Gasteiger charge is 2.42. The number of hydrogen-bond acceptors (Lipinski definition) is 3. The molecule has 1 saturated carbocycles. The molecular formula is C6H11F2NO3S. The average molecular weight is 215 g/mol. The van der Waals surface area contributed by atoms with E-state index in [-0.39, 0.29) is 0 Å². The maximum Gasteiger partial charge on any atom is 0.350 e. The Balaban J connectivity index is 2.67. The van der Waals surface area contributed by atoms with Gasteiger partial charge in [0.15, 0.2) is 0 Å². The normalized spacial score (nSPS) is 21.5. The number of aliphatic hydroxyl groups excluding tert-OH is 1. The van der Waals surface area contributed by atoms with E-state index in [0.29, 0.717) is 12.8 Å². The molecule has 0 aliphatic heterocycles. The van der Waals surface area contributed by atoms with Crippen molar-refractivity contribution in [3.05, 3.63) is 0 Å². The van der Waals surface area contributed by atoms with Gasteiger partial charge in [0.25, 0.3) is 10.0 Å². The number of aliphatic hydroxyl groups is 1. The third kappa shape index (κ3) is 2.15. The van der Waals surface area contributed by atoms with E-state index in [1.54, 1.807) is 0 Å². The van der Waals surface area contributed by atoms with E-state index >= 15 is 0 Å². The molecule has 0 aromatic rings. The van der Waals surface area contributed by atoms with E-state index in [9.17, 15) is 17.2 Å². The molecule has 0 aromatic heterocycles. The van der Waals surface area contributed by atoms with Crippen molar-refractivity contribution in [2.45, 2.75) is 30.6 Å². The Bertz CT molecular complexity index is 268. The van der Waals surface area contributed by atoms with Crippen LogP contribution in [0.5, 0.6) is 0 Å². The molecule has 0 saturated heterocycles. The summed E-state index contributed by atoms with van der Waals surface area (Å²) in [5.74, 6) is -3.43. The van der Waals surface area contributed by atoms with Crippen LogP contribution in [0.3, 0.4) is 0 Å². The van der Waals surface area contributed by atoms with Crippen molar-refractivity contribution < 1.29 is 22.3 Å². The van der Waals surface area contributed by atoms with Gasteiger partial charge in [0.1, 0.15) is 0 Å². The second-order valence-electron chi connectivity index (χ2n) is 3.20. The third-order valence-corrected chi connectivity index (χ3v) is 3.39. The highest BCUT2D eigenvalue weighted by Crippen LogP contribution is 2.32. The standard InChI is InChI=1S/C6H11F2NO3S/c7-5(8)13(11,12)9-6(4-10)2-1-3-6/h5,9-10H,1-4H2. The van der Waals surface area contributed by atoms with Crippen LogP contribution < -0.4 is 4.72 Å². The molecule has 0 bridgehead atoms. The third-order valence-electron chi connectivity index (χ3n) is 2.21. The first-order valence-corrected chi connectivity index (χ1v) is 5.38. The summed E-state index contributed by atoms with van der Waals surface area (Å²) < 4.78 is 47.1. The zero-order valence-corrected chi connectivity index (χ0v) is 7.65. The molecule has 1 aliphatic rings. The maximum atomic E-state index is 11.9. The molecule has 0 unspecified atom stereocenters. The van der Waals surface area contributed by atoms with Crippen LogP contribution in [-0.4, -0.2) is 31.4 Å². The van der Waals surface area contributed by atoms with Crippen LogP contribution >= 0.6 is 0 Å². The number of sulfonamides is 1. The monoisotopic (exact) mass is 215 g/mol. The highest BCUT2D eigenvalue weighted by molar-refractivity contribution is 7.89. The van der Waals surface area contributed by atoms with E-state index in [0.717, 1.165) is 6.42 Å². The minimum atomic E-state index is -4.57. The van der Waals surface area contributed by atoms with E-state index < -0.39 is 27.9 Å². The summed E-state index contributed by atoms with van der Waals surface area (Å²) in [7, 11) is -4.57. The minimum absolute atomic E-state index is 0.412. The van der Waals surface area contributed by atoms with Gasteiger partial charge < -0.3 is 5.11 Å². The number of halogens is 2. The van der Waals surface area contributed by atoms with Crippen molar-refractivity contribution in [2.24, 2.45) is 0 Å². The molecule has 1 fully saturated rings. The first-order chi connectivity index (χ1) is 5.92. The van der Waals surface area contributed by atoms with E-state index in [1.165, 1.54) is 0 Å². The van der Waals surface area contributed by atoms with Crippen LogP contribution in [0.2, 0.25) is 0 Å². The van der Waals surface area contributed by atoms with Crippen molar-refractivity contribution in [2.75, 3.05) is 6.61 Å². The van der Waals surface area contributed by atoms with Gasteiger partial charge in [-0.25, -0.2) is 13.1 Å². The van der Waals surface area contributed by atoms with Crippen molar-refractivity contribution in [1.29, 1.82) is 0 Å². The Morgan fingerprint density at radius 2 is 2.00 bits per heavy atom. The lowest BCUT2D eigenvalue weighted by molar-refractivity contribution is 0.107. The SMILES string of the molecule is O=S(=O)(NC1(CO)CCC1)C(F)F. The fourth-order valence-electron chi connectivity index (χ4n) is 1.24. The lowest BCUT2D eigenvalue weighted by Crippen LogP contribution is -2.57. The molecule has 0 amide bonds. The Morgan fingerprint density at radius 3 is 2.23 bits per heavy atom. The van der Waals surface area contributed by atoms with Gasteiger partial charge >= 0.3 is 5.76 Å². The van der Waals surface area contributed by atoms with Gasteiger partial charge in [-0.05, 0) is 19.3 Å². The first kappa shape index (κ1) is 10.8. The van der Waals surface area contributed by atoms with Crippen molar-refractivity contribution in [3.63, 3.8) is 0 Å². The topological polar surface area (TPSA) is 66.4 Å². The fraction of sp³-hybridized carbons (Fsp3) is 1.00. The Hall–Kier alpha value is -0.270. The van der Waals surface area contributed by atoms with Crippen LogP contribution in [0.15, 0.2) is 0 Å². The molecule has 2 N–H and O–H groups in total. The Morgan fingerprint density at radius 1 is 1.46 bits per heavy atom. The largest absolute Gasteiger partial charge is 0.394 e. The lowest BCUT2D eigenvalue weighted by atomic mass is 9.78. The van der Waals surface area contributed by atoms with Crippen LogP contribution in [0.1, 0.15) is 19.3 Å². The first-order valence-electron chi connectivity index (χ1n) is 3.84. The van der Waals surface area contributed by atoms with Gasteiger partial charge in [-0.2, -0.15) is 8.78 Å². The number of nitrogens with one attached hydrogen (secondary N) is 1. The van der Waals surface area contributed by atoms with Gasteiger partial charge in [-0.1, -0.05) is 0 Å². The van der Waals surface area contributed by atoms with E-state index in [1.807, 2.05) is 4.72 Å². The molecule has 0 atom stereocenters. The molecule has 1 aliphatic carbocycles. The van der Waals surface area contributed by atoms with Gasteiger partial charge in [-0.3, -0.25) is 0 Å². The van der Waals surface area contributed by atoms with Gasteiger partial charge in [0, 0.05) is 0 Å². The quantitative estimate of drug-likeness (QED) is 0.696. The number of alkyl halides is 2. The second-order valence-corrected chi connectivity index (χ2v) is 4.85. The maximum absolute atomic E-state index is 11.9. The summed E-state index contributed by atoms with van der Waals surface area (Å²) in [6, 6.07) is 0. The zero-order valence-electron chi connectivity index (χ0n) is 6.83. The molecular weight excluding hydrogens is 204 g/mol. The van der Waals surface area contributed by atoms with Crippen LogP contribution in [-0.2, 0) is 10.0 Å². The molecule has 0 spiro atoms. The number of hydrogen-bond donors (Lipinski definition) is 2. The molecule has 1 rings (SSSR count). The van der Waals surface area contributed by atoms with Gasteiger partial charge in [0.2, 0.25) is 0 Å². The summed E-state index contributed by atoms with van der Waals surface area (Å²) in [6.45, 7) is -0.432. The second kappa shape index (κ2) is 3.47. The smallest absolute Gasteiger partial charge is 0.350 e. The summed E-state index contributed by atoms with van der Waals surface area (Å²) in [5.41, 5.74) is -1.03. The zero-order chi connectivity index (χ0) is 10.1. The summed E-state index contributed by atoms with van der Waals surface area (Å²) >= 11 is 0. The number of rotatable bonds is 4. The van der Waals surface area contributed by atoms with Crippen molar-refractivity contribution in [3.8, 4) is 0 Å². The minimum Gasteiger partial charge on any atom is -0.394 e. The van der Waals surface area contributed by atoms with E-state index in [2.05, 4.69) is 0 Å². The fourth-order valence-corrected chi connectivity index (χ4v) is 2.20. The van der Waals surface area contributed by atoms with Crippen molar-refractivity contribution >= 4 is 10.0 Å². The molecule has 78 valence electrons. The molecule has 0 radical (unpaired) electrons.